The van der Waals surface area contributed by atoms with Crippen molar-refractivity contribution in [2.24, 2.45) is 0 Å². The van der Waals surface area contributed by atoms with Crippen molar-refractivity contribution in [3.8, 4) is 5.75 Å². The van der Waals surface area contributed by atoms with Gasteiger partial charge in [0.05, 0.1) is 0 Å². The lowest BCUT2D eigenvalue weighted by Crippen LogP contribution is -1.96. The maximum Gasteiger partial charge on any atom is 0.131 e. The van der Waals surface area contributed by atoms with E-state index in [0.29, 0.717) is 16.7 Å². The summed E-state index contributed by atoms with van der Waals surface area (Å²) in [5.74, 6) is 0.526. The zero-order chi connectivity index (χ0) is 20.8. The summed E-state index contributed by atoms with van der Waals surface area (Å²) in [6.45, 7) is 0.514. The number of ether oxygens (including phenoxy) is 1. The average molecular weight is 459 g/mol. The van der Waals surface area contributed by atoms with Gasteiger partial charge in [-0.1, -0.05) is 91.0 Å². The minimum Gasteiger partial charge on any atom is -0.489 e. The van der Waals surface area contributed by atoms with E-state index in [1.807, 2.05) is 91.0 Å². The van der Waals surface area contributed by atoms with Crippen molar-refractivity contribution in [1.82, 2.24) is 0 Å². The Labute approximate surface area is 184 Å². The van der Waals surface area contributed by atoms with Gasteiger partial charge in [0.1, 0.15) is 18.2 Å². The summed E-state index contributed by atoms with van der Waals surface area (Å²) >= 11 is 3.66. The van der Waals surface area contributed by atoms with Crippen LogP contribution in [-0.2, 0) is 6.61 Å². The van der Waals surface area contributed by atoms with E-state index in [1.54, 1.807) is 12.1 Å². The largest absolute Gasteiger partial charge is 0.489 e. The number of hydrogen-bond donors (Lipinski definition) is 0. The molecule has 0 radical (unpaired) electrons. The second-order valence-electron chi connectivity index (χ2n) is 6.83. The van der Waals surface area contributed by atoms with Crippen molar-refractivity contribution in [3.63, 3.8) is 0 Å². The van der Waals surface area contributed by atoms with Crippen LogP contribution >= 0.6 is 15.9 Å². The normalized spacial score (nSPS) is 11.7. The van der Waals surface area contributed by atoms with Gasteiger partial charge < -0.3 is 4.74 Å². The molecule has 3 heteroatoms. The Morgan fingerprint density at radius 2 is 1.23 bits per heavy atom. The first-order valence-corrected chi connectivity index (χ1v) is 10.5. The molecule has 0 bridgehead atoms. The zero-order valence-corrected chi connectivity index (χ0v) is 17.8. The van der Waals surface area contributed by atoms with Crippen LogP contribution in [-0.4, -0.2) is 0 Å². The molecule has 4 rings (SSSR count). The van der Waals surface area contributed by atoms with Crippen LogP contribution in [0, 0.1) is 5.82 Å². The van der Waals surface area contributed by atoms with Crippen LogP contribution in [0.25, 0.3) is 10.1 Å². The molecule has 0 aromatic heterocycles. The monoisotopic (exact) mass is 458 g/mol. The third kappa shape index (κ3) is 4.69. The van der Waals surface area contributed by atoms with Crippen LogP contribution in [0.15, 0.2) is 109 Å². The Morgan fingerprint density at radius 3 is 1.90 bits per heavy atom. The Hall–Kier alpha value is -3.17. The van der Waals surface area contributed by atoms with Gasteiger partial charge >= 0.3 is 0 Å². The summed E-state index contributed by atoms with van der Waals surface area (Å²) < 4.78 is 21.1. The number of rotatable bonds is 6. The molecule has 0 saturated heterocycles. The molecule has 0 amide bonds. The summed E-state index contributed by atoms with van der Waals surface area (Å²) in [6.07, 6.45) is 0. The molecule has 0 heterocycles. The summed E-state index contributed by atoms with van der Waals surface area (Å²) in [4.78, 5) is 0. The fraction of sp³-hybridized carbons (Fsp3) is 0.0370. The molecule has 0 N–H and O–H groups in total. The van der Waals surface area contributed by atoms with E-state index in [9.17, 15) is 4.39 Å². The van der Waals surface area contributed by atoms with Crippen molar-refractivity contribution in [3.05, 3.63) is 137 Å². The molecule has 0 aliphatic carbocycles. The SMILES string of the molecule is Fc1ccccc1/C(Br)=C(\c1ccccc1)c1ccc(OCc2ccccc2)cc1. The van der Waals surface area contributed by atoms with E-state index >= 15 is 0 Å². The van der Waals surface area contributed by atoms with E-state index in [2.05, 4.69) is 15.9 Å². The predicted molar refractivity (Wildman–Crippen MR) is 125 cm³/mol. The zero-order valence-electron chi connectivity index (χ0n) is 16.3. The van der Waals surface area contributed by atoms with Crippen LogP contribution in [0.1, 0.15) is 22.3 Å². The van der Waals surface area contributed by atoms with Gasteiger partial charge in [-0.3, -0.25) is 0 Å². The first kappa shape index (κ1) is 20.1. The molecule has 4 aromatic carbocycles. The predicted octanol–water partition coefficient (Wildman–Crippen LogP) is 7.72. The molecule has 0 spiro atoms. The first-order valence-electron chi connectivity index (χ1n) is 9.69. The lowest BCUT2D eigenvalue weighted by atomic mass is 9.95. The van der Waals surface area contributed by atoms with E-state index < -0.39 is 0 Å². The van der Waals surface area contributed by atoms with Gasteiger partial charge in [-0.2, -0.15) is 0 Å². The summed E-state index contributed by atoms with van der Waals surface area (Å²) in [5, 5.41) is 0. The van der Waals surface area contributed by atoms with Crippen LogP contribution in [0.5, 0.6) is 5.75 Å². The number of halogens is 2. The average Bonchev–Trinajstić information content (AvgIpc) is 2.80. The number of benzene rings is 4. The number of hydrogen-bond acceptors (Lipinski definition) is 1. The highest BCUT2D eigenvalue weighted by Gasteiger charge is 2.14. The first-order chi connectivity index (χ1) is 14.7. The minimum absolute atomic E-state index is 0.263. The molecule has 0 saturated carbocycles. The highest BCUT2D eigenvalue weighted by molar-refractivity contribution is 9.15. The Morgan fingerprint density at radius 1 is 0.667 bits per heavy atom. The Bertz CT molecular complexity index is 1140. The quantitative estimate of drug-likeness (QED) is 0.268. The molecule has 4 aromatic rings. The van der Waals surface area contributed by atoms with E-state index in [-0.39, 0.29) is 5.82 Å². The molecule has 30 heavy (non-hydrogen) atoms. The molecular formula is C27H20BrFO. The van der Waals surface area contributed by atoms with E-state index in [0.717, 1.165) is 28.0 Å². The molecular weight excluding hydrogens is 439 g/mol. The fourth-order valence-electron chi connectivity index (χ4n) is 3.26. The van der Waals surface area contributed by atoms with Gasteiger partial charge in [0, 0.05) is 15.6 Å². The van der Waals surface area contributed by atoms with Gasteiger partial charge in [0.2, 0.25) is 0 Å². The van der Waals surface area contributed by atoms with Crippen LogP contribution in [0.3, 0.4) is 0 Å². The molecule has 0 fully saturated rings. The summed E-state index contributed by atoms with van der Waals surface area (Å²) in [6, 6.07) is 34.7. The molecule has 1 nitrogen and oxygen atoms in total. The van der Waals surface area contributed by atoms with Gasteiger partial charge in [-0.25, -0.2) is 4.39 Å². The van der Waals surface area contributed by atoms with Crippen molar-refractivity contribution in [1.29, 1.82) is 0 Å². The highest BCUT2D eigenvalue weighted by Crippen LogP contribution is 2.37. The van der Waals surface area contributed by atoms with Crippen molar-refractivity contribution >= 4 is 26.0 Å². The second-order valence-corrected chi connectivity index (χ2v) is 7.63. The van der Waals surface area contributed by atoms with Gasteiger partial charge in [0.25, 0.3) is 0 Å². The standard InChI is InChI=1S/C27H20BrFO/c28-27(24-13-7-8-14-25(24)29)26(21-11-5-2-6-12-21)22-15-17-23(18-16-22)30-19-20-9-3-1-4-10-20/h1-18H,19H2/b27-26-. The lowest BCUT2D eigenvalue weighted by molar-refractivity contribution is 0.306. The van der Waals surface area contributed by atoms with E-state index in [4.69, 9.17) is 4.74 Å². The summed E-state index contributed by atoms with van der Waals surface area (Å²) in [7, 11) is 0. The molecule has 0 atom stereocenters. The highest BCUT2D eigenvalue weighted by atomic mass is 79.9. The van der Waals surface area contributed by atoms with Crippen molar-refractivity contribution in [2.75, 3.05) is 0 Å². The lowest BCUT2D eigenvalue weighted by Gasteiger charge is -2.14. The Kier molecular flexibility index (Phi) is 6.41. The topological polar surface area (TPSA) is 9.23 Å². The maximum absolute atomic E-state index is 14.5. The second kappa shape index (κ2) is 9.55. The third-order valence-corrected chi connectivity index (χ3v) is 5.61. The van der Waals surface area contributed by atoms with Crippen LogP contribution in [0.2, 0.25) is 0 Å². The third-order valence-electron chi connectivity index (χ3n) is 4.78. The minimum atomic E-state index is -0.263. The molecule has 0 aliphatic rings. The fourth-order valence-corrected chi connectivity index (χ4v) is 4.04. The molecule has 0 unspecified atom stereocenters. The van der Waals surface area contributed by atoms with Crippen molar-refractivity contribution < 1.29 is 9.13 Å². The van der Waals surface area contributed by atoms with Crippen molar-refractivity contribution in [2.45, 2.75) is 6.61 Å². The van der Waals surface area contributed by atoms with Gasteiger partial charge in [-0.05, 0) is 50.8 Å². The molecule has 148 valence electrons. The van der Waals surface area contributed by atoms with E-state index in [1.165, 1.54) is 6.07 Å². The smallest absolute Gasteiger partial charge is 0.131 e. The summed E-state index contributed by atoms with van der Waals surface area (Å²) in [5.41, 5.74) is 4.55. The van der Waals surface area contributed by atoms with Crippen LogP contribution < -0.4 is 4.74 Å². The van der Waals surface area contributed by atoms with Gasteiger partial charge in [-0.15, -0.1) is 0 Å². The van der Waals surface area contributed by atoms with Crippen LogP contribution in [0.4, 0.5) is 4.39 Å². The van der Waals surface area contributed by atoms with Gasteiger partial charge in [0.15, 0.2) is 0 Å². The Balaban J connectivity index is 1.68. The maximum atomic E-state index is 14.5. The molecule has 0 aliphatic heterocycles.